The van der Waals surface area contributed by atoms with E-state index in [1.165, 1.54) is 0 Å². The van der Waals surface area contributed by atoms with E-state index in [0.29, 0.717) is 38.2 Å². The van der Waals surface area contributed by atoms with Crippen LogP contribution < -0.4 is 10.3 Å². The van der Waals surface area contributed by atoms with Crippen LogP contribution in [0, 0.1) is 0 Å². The van der Waals surface area contributed by atoms with Crippen molar-refractivity contribution in [2.75, 3.05) is 19.8 Å². The average Bonchev–Trinajstić information content (AvgIpc) is 3.22. The fraction of sp³-hybridized carbons (Fsp3) is 0.545. The van der Waals surface area contributed by atoms with Crippen LogP contribution in [0.2, 0.25) is 0 Å². The van der Waals surface area contributed by atoms with Gasteiger partial charge in [0.15, 0.2) is 5.82 Å². The van der Waals surface area contributed by atoms with Crippen molar-refractivity contribution in [3.05, 3.63) is 46.0 Å². The van der Waals surface area contributed by atoms with Crippen LogP contribution in [0.4, 0.5) is 0 Å². The second-order valence-electron chi connectivity index (χ2n) is 8.27. The SMILES string of the molecule is CCOc1ccc2[nH]c(=O)c(CN(CCCO)Cc3nnnn3C(C)(C)CC)cc2c1. The zero-order valence-electron chi connectivity index (χ0n) is 18.8. The number of aliphatic hydroxyl groups is 1. The van der Waals surface area contributed by atoms with Crippen molar-refractivity contribution in [2.45, 2.75) is 59.2 Å². The molecule has 3 aromatic rings. The topological polar surface area (TPSA) is 109 Å². The van der Waals surface area contributed by atoms with E-state index in [0.717, 1.165) is 28.9 Å². The van der Waals surface area contributed by atoms with Gasteiger partial charge in [0.1, 0.15) is 5.75 Å². The number of hydrogen-bond acceptors (Lipinski definition) is 7. The molecule has 3 rings (SSSR count). The Bertz CT molecular complexity index is 1060. The summed E-state index contributed by atoms with van der Waals surface area (Å²) in [6, 6.07) is 7.54. The van der Waals surface area contributed by atoms with Crippen LogP contribution in [-0.4, -0.2) is 55.0 Å². The third-order valence-corrected chi connectivity index (χ3v) is 5.57. The molecule has 0 radical (unpaired) electrons. The molecule has 0 fully saturated rings. The number of nitrogens with one attached hydrogen (secondary N) is 1. The Labute approximate surface area is 182 Å². The van der Waals surface area contributed by atoms with Crippen LogP contribution in [0.3, 0.4) is 0 Å². The van der Waals surface area contributed by atoms with E-state index in [2.05, 4.69) is 46.2 Å². The van der Waals surface area contributed by atoms with Crippen LogP contribution in [0.5, 0.6) is 5.75 Å². The molecule has 9 nitrogen and oxygen atoms in total. The molecule has 0 aliphatic carbocycles. The highest BCUT2D eigenvalue weighted by Gasteiger charge is 2.24. The fourth-order valence-electron chi connectivity index (χ4n) is 3.48. The van der Waals surface area contributed by atoms with Gasteiger partial charge in [0, 0.05) is 36.2 Å². The number of tetrazole rings is 1. The molecule has 0 amide bonds. The van der Waals surface area contributed by atoms with E-state index in [1.54, 1.807) is 0 Å². The van der Waals surface area contributed by atoms with Gasteiger partial charge in [-0.15, -0.1) is 5.10 Å². The molecule has 1 aromatic carbocycles. The van der Waals surface area contributed by atoms with Crippen molar-refractivity contribution in [1.29, 1.82) is 0 Å². The molecule has 2 N–H and O–H groups in total. The van der Waals surface area contributed by atoms with E-state index in [4.69, 9.17) is 4.74 Å². The maximum absolute atomic E-state index is 12.7. The van der Waals surface area contributed by atoms with Gasteiger partial charge in [0.2, 0.25) is 0 Å². The zero-order chi connectivity index (χ0) is 22.4. The summed E-state index contributed by atoms with van der Waals surface area (Å²) >= 11 is 0. The number of aromatic amines is 1. The van der Waals surface area contributed by atoms with Gasteiger partial charge in [-0.2, -0.15) is 0 Å². The third kappa shape index (κ3) is 5.48. The first-order valence-electron chi connectivity index (χ1n) is 10.8. The van der Waals surface area contributed by atoms with Gasteiger partial charge in [-0.1, -0.05) is 6.92 Å². The van der Waals surface area contributed by atoms with E-state index in [1.807, 2.05) is 35.9 Å². The molecule has 0 bridgehead atoms. The van der Waals surface area contributed by atoms with Crippen LogP contribution in [0.1, 0.15) is 51.9 Å². The van der Waals surface area contributed by atoms with Crippen molar-refractivity contribution in [3.63, 3.8) is 0 Å². The molecular formula is C22H32N6O3. The second kappa shape index (κ2) is 10.0. The number of benzene rings is 1. The smallest absolute Gasteiger partial charge is 0.252 e. The standard InChI is InChI=1S/C22H32N6O3/c1-5-22(3,4)28-20(24-25-26-28)15-27(10-7-11-29)14-17-12-16-13-18(31-6-2)8-9-19(16)23-21(17)30/h8-9,12-13,29H,5-7,10-11,14-15H2,1-4H3,(H,23,30). The largest absolute Gasteiger partial charge is 0.494 e. The summed E-state index contributed by atoms with van der Waals surface area (Å²) in [5.74, 6) is 1.51. The molecular weight excluding hydrogens is 396 g/mol. The molecule has 168 valence electrons. The third-order valence-electron chi connectivity index (χ3n) is 5.57. The molecule has 0 aliphatic rings. The molecule has 0 spiro atoms. The Balaban J connectivity index is 1.89. The Kier molecular flexibility index (Phi) is 7.40. The lowest BCUT2D eigenvalue weighted by atomic mass is 10.0. The second-order valence-corrected chi connectivity index (χ2v) is 8.27. The molecule has 0 atom stereocenters. The number of pyridine rings is 1. The first-order valence-corrected chi connectivity index (χ1v) is 10.8. The number of hydrogen-bond donors (Lipinski definition) is 2. The number of rotatable bonds is 11. The molecule has 0 aliphatic heterocycles. The van der Waals surface area contributed by atoms with Gasteiger partial charge in [-0.05, 0) is 68.3 Å². The maximum Gasteiger partial charge on any atom is 0.252 e. The molecule has 9 heteroatoms. The summed E-state index contributed by atoms with van der Waals surface area (Å²) in [4.78, 5) is 17.8. The molecule has 0 saturated carbocycles. The van der Waals surface area contributed by atoms with E-state index in [9.17, 15) is 9.90 Å². The van der Waals surface area contributed by atoms with Gasteiger partial charge in [-0.25, -0.2) is 4.68 Å². The minimum absolute atomic E-state index is 0.0771. The quantitative estimate of drug-likeness (QED) is 0.483. The van der Waals surface area contributed by atoms with E-state index >= 15 is 0 Å². The monoisotopic (exact) mass is 428 g/mol. The Hall–Kier alpha value is -2.78. The van der Waals surface area contributed by atoms with Crippen LogP contribution in [0.25, 0.3) is 10.9 Å². The van der Waals surface area contributed by atoms with Gasteiger partial charge >= 0.3 is 0 Å². The molecule has 31 heavy (non-hydrogen) atoms. The minimum atomic E-state index is -0.211. The number of aliphatic hydroxyl groups excluding tert-OH is 1. The lowest BCUT2D eigenvalue weighted by Crippen LogP contribution is -2.33. The lowest BCUT2D eigenvalue weighted by Gasteiger charge is -2.26. The summed E-state index contributed by atoms with van der Waals surface area (Å²) in [7, 11) is 0. The van der Waals surface area contributed by atoms with Crippen molar-refractivity contribution in [3.8, 4) is 5.75 Å². The minimum Gasteiger partial charge on any atom is -0.494 e. The van der Waals surface area contributed by atoms with Crippen LogP contribution >= 0.6 is 0 Å². The van der Waals surface area contributed by atoms with E-state index in [-0.39, 0.29) is 17.7 Å². The summed E-state index contributed by atoms with van der Waals surface area (Å²) < 4.78 is 7.43. The first-order chi connectivity index (χ1) is 14.9. The van der Waals surface area contributed by atoms with Gasteiger partial charge in [0.05, 0.1) is 18.7 Å². The van der Waals surface area contributed by atoms with Crippen molar-refractivity contribution >= 4 is 10.9 Å². The fourth-order valence-corrected chi connectivity index (χ4v) is 3.48. The summed E-state index contributed by atoms with van der Waals surface area (Å²) in [6.07, 6.45) is 1.48. The Morgan fingerprint density at radius 3 is 2.74 bits per heavy atom. The number of ether oxygens (including phenoxy) is 1. The Morgan fingerprint density at radius 2 is 2.03 bits per heavy atom. The predicted molar refractivity (Wildman–Crippen MR) is 119 cm³/mol. The Morgan fingerprint density at radius 1 is 1.23 bits per heavy atom. The molecule has 2 heterocycles. The molecule has 0 saturated heterocycles. The van der Waals surface area contributed by atoms with Gasteiger partial charge in [-0.3, -0.25) is 9.69 Å². The van der Waals surface area contributed by atoms with Crippen molar-refractivity contribution < 1.29 is 9.84 Å². The van der Waals surface area contributed by atoms with Crippen molar-refractivity contribution in [1.82, 2.24) is 30.1 Å². The maximum atomic E-state index is 12.7. The van der Waals surface area contributed by atoms with Crippen molar-refractivity contribution in [2.24, 2.45) is 0 Å². The van der Waals surface area contributed by atoms with Gasteiger partial charge in [0.25, 0.3) is 5.56 Å². The number of fused-ring (bicyclic) bond motifs is 1. The highest BCUT2D eigenvalue weighted by molar-refractivity contribution is 5.80. The number of nitrogens with zero attached hydrogens (tertiary/aromatic N) is 5. The molecule has 2 aromatic heterocycles. The highest BCUT2D eigenvalue weighted by atomic mass is 16.5. The highest BCUT2D eigenvalue weighted by Crippen LogP contribution is 2.22. The lowest BCUT2D eigenvalue weighted by molar-refractivity contribution is 0.197. The predicted octanol–water partition coefficient (Wildman–Crippen LogP) is 2.44. The summed E-state index contributed by atoms with van der Waals surface area (Å²) in [6.45, 7) is 10.4. The number of H-pyrrole nitrogens is 1. The average molecular weight is 429 g/mol. The van der Waals surface area contributed by atoms with Crippen LogP contribution in [-0.2, 0) is 18.6 Å². The normalized spacial score (nSPS) is 12.1. The summed E-state index contributed by atoms with van der Waals surface area (Å²) in [5.41, 5.74) is 1.08. The van der Waals surface area contributed by atoms with Gasteiger partial charge < -0.3 is 14.8 Å². The zero-order valence-corrected chi connectivity index (χ0v) is 18.8. The molecule has 0 unspecified atom stereocenters. The van der Waals surface area contributed by atoms with E-state index < -0.39 is 0 Å². The summed E-state index contributed by atoms with van der Waals surface area (Å²) in [5, 5.41) is 22.5. The van der Waals surface area contributed by atoms with Crippen LogP contribution in [0.15, 0.2) is 29.1 Å². The number of aromatic nitrogens is 5. The first kappa shape index (κ1) is 22.9.